The van der Waals surface area contributed by atoms with Crippen LogP contribution in [0.2, 0.25) is 0 Å². The highest BCUT2D eigenvalue weighted by atomic mass is 14.8. The molecule has 1 heteroatoms. The Hall–Kier alpha value is -1.60. The second kappa shape index (κ2) is 6.36. The van der Waals surface area contributed by atoms with Crippen LogP contribution in [0.25, 0.3) is 11.1 Å². The Balaban J connectivity index is 2.11. The maximum Gasteiger partial charge on any atom is 0.00388 e. The number of benzene rings is 2. The lowest BCUT2D eigenvalue weighted by Gasteiger charge is -2.10. The van der Waals surface area contributed by atoms with Crippen molar-refractivity contribution in [1.29, 1.82) is 0 Å². The summed E-state index contributed by atoms with van der Waals surface area (Å²) in [6, 6.07) is 20.0. The molecule has 0 spiro atoms. The van der Waals surface area contributed by atoms with Gasteiger partial charge in [-0.05, 0) is 43.5 Å². The summed E-state index contributed by atoms with van der Waals surface area (Å²) in [5.74, 6) is 0. The summed E-state index contributed by atoms with van der Waals surface area (Å²) in [6.07, 6.45) is 2.30. The third kappa shape index (κ3) is 3.44. The van der Waals surface area contributed by atoms with Crippen LogP contribution in [0.15, 0.2) is 54.6 Å². The van der Waals surface area contributed by atoms with Gasteiger partial charge in [-0.15, -0.1) is 0 Å². The van der Waals surface area contributed by atoms with Crippen molar-refractivity contribution in [2.75, 3.05) is 7.05 Å². The van der Waals surface area contributed by atoms with Crippen LogP contribution < -0.4 is 5.32 Å². The number of hydrogen-bond donors (Lipinski definition) is 1. The Morgan fingerprint density at radius 2 is 1.67 bits per heavy atom. The van der Waals surface area contributed by atoms with Gasteiger partial charge in [-0.3, -0.25) is 0 Å². The van der Waals surface area contributed by atoms with E-state index in [1.165, 1.54) is 23.1 Å². The van der Waals surface area contributed by atoms with Crippen molar-refractivity contribution in [3.8, 4) is 11.1 Å². The highest BCUT2D eigenvalue weighted by molar-refractivity contribution is 5.63. The number of aryl methyl sites for hydroxylation is 1. The molecule has 0 saturated heterocycles. The molecule has 0 aliphatic rings. The first kappa shape index (κ1) is 12.8. The molecule has 2 aromatic rings. The van der Waals surface area contributed by atoms with Crippen LogP contribution in [0.1, 0.15) is 18.9 Å². The average molecular weight is 239 g/mol. The van der Waals surface area contributed by atoms with Crippen LogP contribution >= 0.6 is 0 Å². The molecular weight excluding hydrogens is 218 g/mol. The molecular formula is C17H21N. The molecule has 0 bridgehead atoms. The van der Waals surface area contributed by atoms with E-state index in [4.69, 9.17) is 0 Å². The van der Waals surface area contributed by atoms with Crippen LogP contribution in [0.4, 0.5) is 0 Å². The third-order valence-corrected chi connectivity index (χ3v) is 3.39. The molecule has 0 saturated carbocycles. The standard InChI is InChI=1S/C17H21N/c1-14(18-2)11-12-15-7-6-10-17(13-15)16-8-4-3-5-9-16/h3-10,13-14,18H,11-12H2,1-2H3. The highest BCUT2D eigenvalue weighted by Crippen LogP contribution is 2.20. The summed E-state index contributed by atoms with van der Waals surface area (Å²) in [4.78, 5) is 0. The van der Waals surface area contributed by atoms with Gasteiger partial charge >= 0.3 is 0 Å². The van der Waals surface area contributed by atoms with Crippen LogP contribution in [0.5, 0.6) is 0 Å². The lowest BCUT2D eigenvalue weighted by molar-refractivity contribution is 0.565. The summed E-state index contributed by atoms with van der Waals surface area (Å²) >= 11 is 0. The predicted octanol–water partition coefficient (Wildman–Crippen LogP) is 3.89. The van der Waals surface area contributed by atoms with Crippen LogP contribution in [-0.2, 0) is 6.42 Å². The van der Waals surface area contributed by atoms with Crippen molar-refractivity contribution >= 4 is 0 Å². The van der Waals surface area contributed by atoms with E-state index in [0.29, 0.717) is 6.04 Å². The fourth-order valence-electron chi connectivity index (χ4n) is 2.06. The van der Waals surface area contributed by atoms with Crippen molar-refractivity contribution in [3.63, 3.8) is 0 Å². The van der Waals surface area contributed by atoms with Crippen molar-refractivity contribution in [2.24, 2.45) is 0 Å². The van der Waals surface area contributed by atoms with Crippen LogP contribution in [0, 0.1) is 0 Å². The second-order valence-corrected chi connectivity index (χ2v) is 4.79. The van der Waals surface area contributed by atoms with Crippen molar-refractivity contribution < 1.29 is 0 Å². The lowest BCUT2D eigenvalue weighted by atomic mass is 10.00. The van der Waals surface area contributed by atoms with E-state index < -0.39 is 0 Å². The molecule has 0 amide bonds. The summed E-state index contributed by atoms with van der Waals surface area (Å²) in [5, 5.41) is 3.28. The zero-order valence-corrected chi connectivity index (χ0v) is 11.2. The highest BCUT2D eigenvalue weighted by Gasteiger charge is 2.01. The fraction of sp³-hybridized carbons (Fsp3) is 0.294. The summed E-state index contributed by atoms with van der Waals surface area (Å²) < 4.78 is 0. The largest absolute Gasteiger partial charge is 0.317 e. The van der Waals surface area contributed by atoms with Gasteiger partial charge < -0.3 is 5.32 Å². The maximum atomic E-state index is 3.28. The molecule has 1 nitrogen and oxygen atoms in total. The molecule has 1 unspecified atom stereocenters. The maximum absolute atomic E-state index is 3.28. The van der Waals surface area contributed by atoms with Crippen molar-refractivity contribution in [2.45, 2.75) is 25.8 Å². The predicted molar refractivity (Wildman–Crippen MR) is 78.7 cm³/mol. The topological polar surface area (TPSA) is 12.0 Å². The first-order valence-electron chi connectivity index (χ1n) is 6.61. The van der Waals surface area contributed by atoms with Gasteiger partial charge in [0.05, 0.1) is 0 Å². The van der Waals surface area contributed by atoms with Gasteiger partial charge in [0.25, 0.3) is 0 Å². The van der Waals surface area contributed by atoms with Gasteiger partial charge in [-0.1, -0.05) is 54.6 Å². The minimum atomic E-state index is 0.574. The number of rotatable bonds is 5. The van der Waals surface area contributed by atoms with Crippen molar-refractivity contribution in [3.05, 3.63) is 60.2 Å². The SMILES string of the molecule is CNC(C)CCc1cccc(-c2ccccc2)c1. The fourth-order valence-corrected chi connectivity index (χ4v) is 2.06. The molecule has 2 rings (SSSR count). The zero-order valence-electron chi connectivity index (χ0n) is 11.2. The first-order valence-corrected chi connectivity index (χ1v) is 6.61. The molecule has 0 aliphatic carbocycles. The van der Waals surface area contributed by atoms with E-state index in [2.05, 4.69) is 66.8 Å². The normalized spacial score (nSPS) is 12.3. The van der Waals surface area contributed by atoms with E-state index in [1.807, 2.05) is 7.05 Å². The summed E-state index contributed by atoms with van der Waals surface area (Å²) in [6.45, 7) is 2.22. The van der Waals surface area contributed by atoms with E-state index in [1.54, 1.807) is 0 Å². The Morgan fingerprint density at radius 1 is 0.944 bits per heavy atom. The van der Waals surface area contributed by atoms with Gasteiger partial charge in [-0.25, -0.2) is 0 Å². The van der Waals surface area contributed by atoms with E-state index in [0.717, 1.165) is 6.42 Å². The molecule has 1 N–H and O–H groups in total. The first-order chi connectivity index (χ1) is 8.79. The summed E-state index contributed by atoms with van der Waals surface area (Å²) in [5.41, 5.74) is 4.02. The van der Waals surface area contributed by atoms with Gasteiger partial charge in [0.2, 0.25) is 0 Å². The van der Waals surface area contributed by atoms with Gasteiger partial charge in [0.1, 0.15) is 0 Å². The molecule has 1 atom stereocenters. The quantitative estimate of drug-likeness (QED) is 0.834. The third-order valence-electron chi connectivity index (χ3n) is 3.39. The molecule has 18 heavy (non-hydrogen) atoms. The Bertz CT molecular complexity index is 476. The molecule has 0 aromatic heterocycles. The van der Waals surface area contributed by atoms with Crippen LogP contribution in [0.3, 0.4) is 0 Å². The molecule has 0 aliphatic heterocycles. The number of nitrogens with one attached hydrogen (secondary N) is 1. The Labute approximate surface area is 110 Å². The monoisotopic (exact) mass is 239 g/mol. The smallest absolute Gasteiger partial charge is 0.00388 e. The number of hydrogen-bond acceptors (Lipinski definition) is 1. The molecule has 94 valence electrons. The van der Waals surface area contributed by atoms with Crippen LogP contribution in [-0.4, -0.2) is 13.1 Å². The van der Waals surface area contributed by atoms with Crippen molar-refractivity contribution in [1.82, 2.24) is 5.32 Å². The molecule has 2 aromatic carbocycles. The molecule has 0 heterocycles. The lowest BCUT2D eigenvalue weighted by Crippen LogP contribution is -2.21. The Morgan fingerprint density at radius 3 is 2.39 bits per heavy atom. The van der Waals surface area contributed by atoms with Gasteiger partial charge in [-0.2, -0.15) is 0 Å². The van der Waals surface area contributed by atoms with E-state index in [-0.39, 0.29) is 0 Å². The average Bonchev–Trinajstić information content (AvgIpc) is 2.46. The minimum absolute atomic E-state index is 0.574. The second-order valence-electron chi connectivity index (χ2n) is 4.79. The van der Waals surface area contributed by atoms with E-state index in [9.17, 15) is 0 Å². The minimum Gasteiger partial charge on any atom is -0.317 e. The van der Waals surface area contributed by atoms with E-state index >= 15 is 0 Å². The van der Waals surface area contributed by atoms with Gasteiger partial charge in [0.15, 0.2) is 0 Å². The molecule has 0 radical (unpaired) electrons. The summed E-state index contributed by atoms with van der Waals surface area (Å²) in [7, 11) is 2.02. The van der Waals surface area contributed by atoms with Gasteiger partial charge in [0, 0.05) is 6.04 Å². The zero-order chi connectivity index (χ0) is 12.8. The molecule has 0 fully saturated rings. The Kier molecular flexibility index (Phi) is 4.54.